The molecule has 1 aliphatic carbocycles. The van der Waals surface area contributed by atoms with Gasteiger partial charge in [0, 0.05) is 23.2 Å². The third-order valence-electron chi connectivity index (χ3n) is 6.18. The van der Waals surface area contributed by atoms with E-state index < -0.39 is 0 Å². The third kappa shape index (κ3) is 4.29. The standard InChI is InChI=1S/C24H24F2N2O/c1-15(24(29)28-20-9-6-18(25)7-10-20)16-2-4-17(5-3-16)21-12-13-27-23-11-8-19(26)14-22(21)23/h6-17H,2-5H2,1H3,(H,28,29)/t15-,16-,17+/m1/s1. The average Bonchev–Trinajstić information content (AvgIpc) is 2.74. The van der Waals surface area contributed by atoms with Gasteiger partial charge in [-0.15, -0.1) is 0 Å². The van der Waals surface area contributed by atoms with Crippen LogP contribution in [0.3, 0.4) is 0 Å². The molecule has 1 heterocycles. The molecule has 29 heavy (non-hydrogen) atoms. The molecule has 1 amide bonds. The quantitative estimate of drug-likeness (QED) is 0.584. The number of rotatable bonds is 4. The van der Waals surface area contributed by atoms with E-state index in [4.69, 9.17) is 0 Å². The normalized spacial score (nSPS) is 20.4. The molecule has 1 aromatic heterocycles. The van der Waals surface area contributed by atoms with Crippen molar-refractivity contribution in [1.82, 2.24) is 4.98 Å². The summed E-state index contributed by atoms with van der Waals surface area (Å²) in [4.78, 5) is 17.0. The van der Waals surface area contributed by atoms with E-state index in [1.165, 1.54) is 18.2 Å². The predicted molar refractivity (Wildman–Crippen MR) is 111 cm³/mol. The first-order valence-electron chi connectivity index (χ1n) is 10.1. The molecule has 0 unspecified atom stereocenters. The molecule has 1 aliphatic rings. The SMILES string of the molecule is C[C@@H](C(=O)Nc1ccc(F)cc1)[C@H]1CC[C@@H](c2ccnc3ccc(F)cc32)CC1. The molecule has 3 aromatic rings. The molecule has 1 atom stereocenters. The van der Waals surface area contributed by atoms with Crippen LogP contribution < -0.4 is 5.32 Å². The summed E-state index contributed by atoms with van der Waals surface area (Å²) in [6, 6.07) is 12.6. The van der Waals surface area contributed by atoms with Crippen molar-refractivity contribution in [2.75, 3.05) is 5.32 Å². The van der Waals surface area contributed by atoms with Crippen LogP contribution in [-0.2, 0) is 4.79 Å². The van der Waals surface area contributed by atoms with Crippen molar-refractivity contribution in [1.29, 1.82) is 0 Å². The number of benzene rings is 2. The molecule has 0 spiro atoms. The Morgan fingerprint density at radius 1 is 1.00 bits per heavy atom. The maximum atomic E-state index is 13.7. The number of hydrogen-bond acceptors (Lipinski definition) is 2. The number of pyridine rings is 1. The van der Waals surface area contributed by atoms with Crippen molar-refractivity contribution in [2.24, 2.45) is 11.8 Å². The molecule has 5 heteroatoms. The molecule has 2 aromatic carbocycles. The number of anilines is 1. The van der Waals surface area contributed by atoms with Gasteiger partial charge < -0.3 is 5.32 Å². The Balaban J connectivity index is 1.41. The number of halogens is 2. The fourth-order valence-corrected chi connectivity index (χ4v) is 4.43. The molecule has 3 nitrogen and oxygen atoms in total. The van der Waals surface area contributed by atoms with Crippen LogP contribution in [0, 0.1) is 23.5 Å². The van der Waals surface area contributed by atoms with Gasteiger partial charge in [-0.25, -0.2) is 8.78 Å². The van der Waals surface area contributed by atoms with Crippen LogP contribution in [0.2, 0.25) is 0 Å². The second kappa shape index (κ2) is 8.27. The number of hydrogen-bond donors (Lipinski definition) is 1. The Bertz CT molecular complexity index is 1010. The summed E-state index contributed by atoms with van der Waals surface area (Å²) in [6.07, 6.45) is 5.62. The summed E-state index contributed by atoms with van der Waals surface area (Å²) in [7, 11) is 0. The number of amides is 1. The van der Waals surface area contributed by atoms with Crippen LogP contribution in [0.1, 0.15) is 44.1 Å². The van der Waals surface area contributed by atoms with E-state index in [1.807, 2.05) is 13.0 Å². The minimum atomic E-state index is -0.321. The summed E-state index contributed by atoms with van der Waals surface area (Å²) in [5.41, 5.74) is 2.58. The van der Waals surface area contributed by atoms with Crippen molar-refractivity contribution in [3.63, 3.8) is 0 Å². The number of aromatic nitrogens is 1. The van der Waals surface area contributed by atoms with E-state index in [0.717, 1.165) is 42.1 Å². The van der Waals surface area contributed by atoms with Gasteiger partial charge in [0.15, 0.2) is 0 Å². The Hall–Kier alpha value is -2.82. The number of nitrogens with one attached hydrogen (secondary N) is 1. The van der Waals surface area contributed by atoms with Crippen LogP contribution in [0.4, 0.5) is 14.5 Å². The molecule has 0 bridgehead atoms. The lowest BCUT2D eigenvalue weighted by Gasteiger charge is -2.32. The number of carbonyl (C=O) groups is 1. The molecular formula is C24H24F2N2O. The molecule has 1 saturated carbocycles. The van der Waals surface area contributed by atoms with E-state index >= 15 is 0 Å². The molecule has 0 aliphatic heterocycles. The Kier molecular flexibility index (Phi) is 5.56. The van der Waals surface area contributed by atoms with Gasteiger partial charge in [-0.3, -0.25) is 9.78 Å². The summed E-state index contributed by atoms with van der Waals surface area (Å²) in [5.74, 6) is -0.0593. The van der Waals surface area contributed by atoms with Gasteiger partial charge in [0.25, 0.3) is 0 Å². The van der Waals surface area contributed by atoms with Crippen LogP contribution >= 0.6 is 0 Å². The largest absolute Gasteiger partial charge is 0.326 e. The zero-order valence-corrected chi connectivity index (χ0v) is 16.4. The highest BCUT2D eigenvalue weighted by Crippen LogP contribution is 2.41. The van der Waals surface area contributed by atoms with E-state index in [1.54, 1.807) is 30.5 Å². The van der Waals surface area contributed by atoms with Crippen LogP contribution in [0.25, 0.3) is 10.9 Å². The fraction of sp³-hybridized carbons (Fsp3) is 0.333. The lowest BCUT2D eigenvalue weighted by Crippen LogP contribution is -2.29. The molecule has 1 N–H and O–H groups in total. The van der Waals surface area contributed by atoms with Crippen molar-refractivity contribution in [3.05, 3.63) is 71.9 Å². The number of fused-ring (bicyclic) bond motifs is 1. The maximum absolute atomic E-state index is 13.7. The lowest BCUT2D eigenvalue weighted by molar-refractivity contribution is -0.121. The second-order valence-electron chi connectivity index (χ2n) is 7.96. The van der Waals surface area contributed by atoms with Gasteiger partial charge in [-0.2, -0.15) is 0 Å². The monoisotopic (exact) mass is 394 g/mol. The van der Waals surface area contributed by atoms with Gasteiger partial charge in [0.05, 0.1) is 5.52 Å². The van der Waals surface area contributed by atoms with Crippen molar-refractivity contribution < 1.29 is 13.6 Å². The smallest absolute Gasteiger partial charge is 0.227 e. The summed E-state index contributed by atoms with van der Waals surface area (Å²) in [5, 5.41) is 3.77. The van der Waals surface area contributed by atoms with Gasteiger partial charge in [-0.1, -0.05) is 6.92 Å². The second-order valence-corrected chi connectivity index (χ2v) is 7.96. The molecule has 150 valence electrons. The lowest BCUT2D eigenvalue weighted by atomic mass is 9.73. The molecule has 0 radical (unpaired) electrons. The van der Waals surface area contributed by atoms with Gasteiger partial charge in [0.1, 0.15) is 11.6 Å². The van der Waals surface area contributed by atoms with Gasteiger partial charge >= 0.3 is 0 Å². The molecule has 4 rings (SSSR count). The maximum Gasteiger partial charge on any atom is 0.227 e. The molecular weight excluding hydrogens is 370 g/mol. The third-order valence-corrected chi connectivity index (χ3v) is 6.18. The average molecular weight is 394 g/mol. The summed E-state index contributed by atoms with van der Waals surface area (Å²) >= 11 is 0. The van der Waals surface area contributed by atoms with E-state index in [0.29, 0.717) is 17.5 Å². The highest BCUT2D eigenvalue weighted by molar-refractivity contribution is 5.92. The first-order chi connectivity index (χ1) is 14.0. The van der Waals surface area contributed by atoms with Crippen molar-refractivity contribution in [2.45, 2.75) is 38.5 Å². The predicted octanol–water partition coefficient (Wildman–Crippen LogP) is 6.06. The topological polar surface area (TPSA) is 42.0 Å². The van der Waals surface area contributed by atoms with E-state index in [9.17, 15) is 13.6 Å². The minimum absolute atomic E-state index is 0.0310. The van der Waals surface area contributed by atoms with Gasteiger partial charge in [0.2, 0.25) is 5.91 Å². The fourth-order valence-electron chi connectivity index (χ4n) is 4.43. The highest BCUT2D eigenvalue weighted by atomic mass is 19.1. The van der Waals surface area contributed by atoms with E-state index in [-0.39, 0.29) is 23.5 Å². The van der Waals surface area contributed by atoms with Crippen molar-refractivity contribution in [3.8, 4) is 0 Å². The Labute approximate surface area is 169 Å². The summed E-state index contributed by atoms with van der Waals surface area (Å²) < 4.78 is 26.8. The zero-order valence-electron chi connectivity index (χ0n) is 16.4. The first kappa shape index (κ1) is 19.5. The number of nitrogens with zero attached hydrogens (tertiary/aromatic N) is 1. The van der Waals surface area contributed by atoms with Crippen molar-refractivity contribution >= 4 is 22.5 Å². The first-order valence-corrected chi connectivity index (χ1v) is 10.1. The Morgan fingerprint density at radius 2 is 1.69 bits per heavy atom. The highest BCUT2D eigenvalue weighted by Gasteiger charge is 2.30. The van der Waals surface area contributed by atoms with Crippen LogP contribution in [0.15, 0.2) is 54.7 Å². The number of carbonyl (C=O) groups excluding carboxylic acids is 1. The Morgan fingerprint density at radius 3 is 2.41 bits per heavy atom. The van der Waals surface area contributed by atoms with Gasteiger partial charge in [-0.05, 0) is 91.6 Å². The zero-order chi connectivity index (χ0) is 20.4. The van der Waals surface area contributed by atoms with E-state index in [2.05, 4.69) is 10.3 Å². The van der Waals surface area contributed by atoms with Crippen LogP contribution in [-0.4, -0.2) is 10.9 Å². The summed E-state index contributed by atoms with van der Waals surface area (Å²) in [6.45, 7) is 1.96. The molecule has 1 fully saturated rings. The minimum Gasteiger partial charge on any atom is -0.326 e. The molecule has 0 saturated heterocycles. The van der Waals surface area contributed by atoms with Crippen LogP contribution in [0.5, 0.6) is 0 Å².